The summed E-state index contributed by atoms with van der Waals surface area (Å²) in [5, 5.41) is 1.01. The normalized spacial score (nSPS) is 11.6. The maximum absolute atomic E-state index is 5.71. The summed E-state index contributed by atoms with van der Waals surface area (Å²) in [6.45, 7) is 9.42. The van der Waals surface area contributed by atoms with Crippen LogP contribution in [0.4, 0.5) is 0 Å². The van der Waals surface area contributed by atoms with Crippen LogP contribution in [0.1, 0.15) is 38.3 Å². The Morgan fingerprint density at radius 3 is 2.56 bits per heavy atom. The van der Waals surface area contributed by atoms with Gasteiger partial charge in [-0.05, 0) is 31.7 Å². The molecule has 0 fully saturated rings. The van der Waals surface area contributed by atoms with Crippen LogP contribution >= 0.6 is 15.9 Å². The number of ether oxygens (including phenoxy) is 1. The van der Waals surface area contributed by atoms with Crippen LogP contribution in [0.15, 0.2) is 18.2 Å². The molecule has 0 amide bonds. The zero-order valence-corrected chi connectivity index (χ0v) is 12.2. The summed E-state index contributed by atoms with van der Waals surface area (Å²) in [4.78, 5) is 0. The topological polar surface area (TPSA) is 9.23 Å². The van der Waals surface area contributed by atoms with E-state index in [9.17, 15) is 0 Å². The highest BCUT2D eigenvalue weighted by Crippen LogP contribution is 2.35. The summed E-state index contributed by atoms with van der Waals surface area (Å²) in [7, 11) is 0. The van der Waals surface area contributed by atoms with E-state index in [1.807, 2.05) is 6.92 Å². The third kappa shape index (κ3) is 3.24. The third-order valence-corrected chi connectivity index (χ3v) is 3.28. The summed E-state index contributed by atoms with van der Waals surface area (Å²) >= 11 is 3.52. The Kier molecular flexibility index (Phi) is 4.85. The Labute approximate surface area is 107 Å². The molecule has 0 radical (unpaired) electrons. The van der Waals surface area contributed by atoms with E-state index < -0.39 is 0 Å². The first-order valence-electron chi connectivity index (χ1n) is 5.81. The first-order chi connectivity index (χ1) is 7.51. The lowest BCUT2D eigenvalue weighted by Gasteiger charge is -2.27. The lowest BCUT2D eigenvalue weighted by Crippen LogP contribution is -2.19. The monoisotopic (exact) mass is 284 g/mol. The molecule has 1 rings (SSSR count). The molecule has 0 unspecified atom stereocenters. The van der Waals surface area contributed by atoms with Crippen LogP contribution in [0.2, 0.25) is 0 Å². The standard InChI is InChI=1S/C14H21BrO/c1-5-16-13-7-6-11(2)10-12(13)14(3,4)8-9-15/h6-7,10H,5,8-9H2,1-4H3. The van der Waals surface area contributed by atoms with Crippen LogP contribution < -0.4 is 4.74 Å². The van der Waals surface area contributed by atoms with E-state index >= 15 is 0 Å². The Bertz CT molecular complexity index is 345. The molecule has 16 heavy (non-hydrogen) atoms. The van der Waals surface area contributed by atoms with Crippen LogP contribution in [0.5, 0.6) is 5.75 Å². The number of rotatable bonds is 5. The highest BCUT2D eigenvalue weighted by Gasteiger charge is 2.23. The van der Waals surface area contributed by atoms with Gasteiger partial charge in [-0.1, -0.05) is 47.5 Å². The van der Waals surface area contributed by atoms with Crippen molar-refractivity contribution in [2.24, 2.45) is 0 Å². The quantitative estimate of drug-likeness (QED) is 0.726. The van der Waals surface area contributed by atoms with Crippen molar-refractivity contribution >= 4 is 15.9 Å². The van der Waals surface area contributed by atoms with Crippen LogP contribution in [0.3, 0.4) is 0 Å². The van der Waals surface area contributed by atoms with Crippen molar-refractivity contribution in [2.45, 2.75) is 39.5 Å². The zero-order chi connectivity index (χ0) is 12.2. The first-order valence-corrected chi connectivity index (χ1v) is 6.93. The summed E-state index contributed by atoms with van der Waals surface area (Å²) < 4.78 is 5.71. The summed E-state index contributed by atoms with van der Waals surface area (Å²) in [5.74, 6) is 1.03. The van der Waals surface area contributed by atoms with Crippen molar-refractivity contribution in [1.29, 1.82) is 0 Å². The number of halogens is 1. The van der Waals surface area contributed by atoms with E-state index in [1.165, 1.54) is 11.1 Å². The first kappa shape index (κ1) is 13.6. The second-order valence-electron chi connectivity index (χ2n) is 4.76. The van der Waals surface area contributed by atoms with E-state index in [0.717, 1.165) is 24.1 Å². The molecular weight excluding hydrogens is 264 g/mol. The van der Waals surface area contributed by atoms with Gasteiger partial charge >= 0.3 is 0 Å². The van der Waals surface area contributed by atoms with Gasteiger partial charge in [0.25, 0.3) is 0 Å². The number of benzene rings is 1. The van der Waals surface area contributed by atoms with Gasteiger partial charge in [-0.2, -0.15) is 0 Å². The van der Waals surface area contributed by atoms with Gasteiger partial charge in [0.2, 0.25) is 0 Å². The third-order valence-electron chi connectivity index (χ3n) is 2.88. The minimum atomic E-state index is 0.153. The number of alkyl halides is 1. The van der Waals surface area contributed by atoms with Crippen LogP contribution in [0, 0.1) is 6.92 Å². The predicted octanol–water partition coefficient (Wildman–Crippen LogP) is 4.46. The molecular formula is C14H21BrO. The Morgan fingerprint density at radius 1 is 1.31 bits per heavy atom. The SMILES string of the molecule is CCOc1ccc(C)cc1C(C)(C)CCBr. The maximum Gasteiger partial charge on any atom is 0.123 e. The van der Waals surface area contributed by atoms with E-state index in [1.54, 1.807) is 0 Å². The van der Waals surface area contributed by atoms with Gasteiger partial charge in [0.15, 0.2) is 0 Å². The van der Waals surface area contributed by atoms with Crippen molar-refractivity contribution in [3.05, 3.63) is 29.3 Å². The fourth-order valence-electron chi connectivity index (χ4n) is 1.82. The minimum Gasteiger partial charge on any atom is -0.494 e. The molecule has 0 atom stereocenters. The molecule has 0 N–H and O–H groups in total. The van der Waals surface area contributed by atoms with Crippen molar-refractivity contribution in [3.8, 4) is 5.75 Å². The summed E-state index contributed by atoms with van der Waals surface area (Å²) in [6, 6.07) is 6.44. The van der Waals surface area contributed by atoms with Crippen LogP contribution in [0.25, 0.3) is 0 Å². The molecule has 0 saturated carbocycles. The lowest BCUT2D eigenvalue weighted by molar-refractivity contribution is 0.326. The highest BCUT2D eigenvalue weighted by atomic mass is 79.9. The highest BCUT2D eigenvalue weighted by molar-refractivity contribution is 9.09. The Balaban J connectivity index is 3.12. The van der Waals surface area contributed by atoms with Crippen molar-refractivity contribution in [2.75, 3.05) is 11.9 Å². The second-order valence-corrected chi connectivity index (χ2v) is 5.55. The van der Waals surface area contributed by atoms with Gasteiger partial charge in [0.05, 0.1) is 6.61 Å². The molecule has 2 heteroatoms. The molecule has 1 aromatic rings. The van der Waals surface area contributed by atoms with E-state index in [2.05, 4.69) is 54.9 Å². The maximum atomic E-state index is 5.71. The average molecular weight is 285 g/mol. The van der Waals surface area contributed by atoms with Gasteiger partial charge in [0, 0.05) is 10.9 Å². The predicted molar refractivity (Wildman–Crippen MR) is 73.8 cm³/mol. The molecule has 0 heterocycles. The molecule has 1 aromatic carbocycles. The smallest absolute Gasteiger partial charge is 0.123 e. The molecule has 0 aliphatic rings. The Hall–Kier alpha value is -0.500. The van der Waals surface area contributed by atoms with Gasteiger partial charge in [-0.3, -0.25) is 0 Å². The fraction of sp³-hybridized carbons (Fsp3) is 0.571. The van der Waals surface area contributed by atoms with Crippen molar-refractivity contribution in [1.82, 2.24) is 0 Å². The fourth-order valence-corrected chi connectivity index (χ4v) is 2.82. The van der Waals surface area contributed by atoms with Gasteiger partial charge in [-0.15, -0.1) is 0 Å². The molecule has 0 saturated heterocycles. The molecule has 1 nitrogen and oxygen atoms in total. The summed E-state index contributed by atoms with van der Waals surface area (Å²) in [5.41, 5.74) is 2.76. The van der Waals surface area contributed by atoms with Crippen molar-refractivity contribution < 1.29 is 4.74 Å². The minimum absolute atomic E-state index is 0.153. The van der Waals surface area contributed by atoms with Crippen molar-refractivity contribution in [3.63, 3.8) is 0 Å². The largest absolute Gasteiger partial charge is 0.494 e. The number of hydrogen-bond donors (Lipinski definition) is 0. The van der Waals surface area contributed by atoms with E-state index in [4.69, 9.17) is 4.74 Å². The molecule has 0 spiro atoms. The van der Waals surface area contributed by atoms with Gasteiger partial charge < -0.3 is 4.74 Å². The number of hydrogen-bond acceptors (Lipinski definition) is 1. The van der Waals surface area contributed by atoms with Crippen LogP contribution in [-0.4, -0.2) is 11.9 Å². The second kappa shape index (κ2) is 5.72. The molecule has 0 bridgehead atoms. The zero-order valence-electron chi connectivity index (χ0n) is 10.6. The molecule has 0 aliphatic carbocycles. The van der Waals surface area contributed by atoms with Gasteiger partial charge in [-0.25, -0.2) is 0 Å². The average Bonchev–Trinajstić information content (AvgIpc) is 2.21. The van der Waals surface area contributed by atoms with Crippen LogP contribution in [-0.2, 0) is 5.41 Å². The molecule has 90 valence electrons. The Morgan fingerprint density at radius 2 is 2.00 bits per heavy atom. The van der Waals surface area contributed by atoms with E-state index in [-0.39, 0.29) is 5.41 Å². The summed E-state index contributed by atoms with van der Waals surface area (Å²) in [6.07, 6.45) is 1.11. The molecule has 0 aliphatic heterocycles. The lowest BCUT2D eigenvalue weighted by atomic mass is 9.81. The van der Waals surface area contributed by atoms with Gasteiger partial charge in [0.1, 0.15) is 5.75 Å². The number of aryl methyl sites for hydroxylation is 1. The molecule has 0 aromatic heterocycles. The van der Waals surface area contributed by atoms with E-state index in [0.29, 0.717) is 0 Å².